The molecule has 2 aromatic rings. The van der Waals surface area contributed by atoms with Gasteiger partial charge in [-0.1, -0.05) is 6.07 Å². The number of hydrogen-bond donors (Lipinski definition) is 2. The van der Waals surface area contributed by atoms with E-state index in [0.717, 1.165) is 28.3 Å². The van der Waals surface area contributed by atoms with Crippen molar-refractivity contribution in [3.05, 3.63) is 52.8 Å². The third kappa shape index (κ3) is 2.96. The molecule has 2 rings (SSSR count). The quantitative estimate of drug-likeness (QED) is 0.899. The van der Waals surface area contributed by atoms with Gasteiger partial charge in [0.1, 0.15) is 0 Å². The van der Waals surface area contributed by atoms with Gasteiger partial charge in [0, 0.05) is 18.4 Å². The van der Waals surface area contributed by atoms with Crippen molar-refractivity contribution in [1.29, 1.82) is 0 Å². The highest BCUT2D eigenvalue weighted by atomic mass is 16.1. The molecule has 0 radical (unpaired) electrons. The Labute approximate surface area is 119 Å². The van der Waals surface area contributed by atoms with Crippen LogP contribution < -0.4 is 10.6 Å². The summed E-state index contributed by atoms with van der Waals surface area (Å²) in [4.78, 5) is 16.7. The molecule has 0 saturated carbocycles. The van der Waals surface area contributed by atoms with Crippen molar-refractivity contribution in [3.8, 4) is 0 Å². The Bertz CT molecular complexity index is 650. The number of nitrogens with one attached hydrogen (secondary N) is 2. The summed E-state index contributed by atoms with van der Waals surface area (Å²) in [6.45, 7) is 5.81. The first-order valence-corrected chi connectivity index (χ1v) is 6.55. The summed E-state index contributed by atoms with van der Waals surface area (Å²) >= 11 is 0. The van der Waals surface area contributed by atoms with E-state index in [9.17, 15) is 4.79 Å². The molecule has 0 spiro atoms. The van der Waals surface area contributed by atoms with Crippen LogP contribution in [0.5, 0.6) is 0 Å². The summed E-state index contributed by atoms with van der Waals surface area (Å²) in [7, 11) is 1.81. The van der Waals surface area contributed by atoms with E-state index in [4.69, 9.17) is 0 Å². The van der Waals surface area contributed by atoms with Crippen LogP contribution in [0.1, 0.15) is 27.3 Å². The molecule has 0 unspecified atom stereocenters. The van der Waals surface area contributed by atoms with E-state index < -0.39 is 0 Å². The Hall–Kier alpha value is -2.36. The number of pyridine rings is 1. The van der Waals surface area contributed by atoms with Gasteiger partial charge in [0.2, 0.25) is 0 Å². The highest BCUT2D eigenvalue weighted by molar-refractivity contribution is 6.08. The first-order valence-electron chi connectivity index (χ1n) is 6.55. The van der Waals surface area contributed by atoms with Crippen molar-refractivity contribution in [2.24, 2.45) is 0 Å². The van der Waals surface area contributed by atoms with Gasteiger partial charge in [-0.2, -0.15) is 0 Å². The molecule has 0 aliphatic rings. The van der Waals surface area contributed by atoms with Crippen LogP contribution in [0.15, 0.2) is 30.3 Å². The average molecular weight is 269 g/mol. The molecule has 4 nitrogen and oxygen atoms in total. The highest BCUT2D eigenvalue weighted by Crippen LogP contribution is 2.20. The minimum absolute atomic E-state index is 0.136. The summed E-state index contributed by atoms with van der Waals surface area (Å²) in [5.41, 5.74) is 5.05. The maximum atomic E-state index is 12.4. The number of carbonyl (C=O) groups excluding carboxylic acids is 1. The summed E-state index contributed by atoms with van der Waals surface area (Å²) in [6.07, 6.45) is 0. The number of anilines is 2. The predicted octanol–water partition coefficient (Wildman–Crippen LogP) is 3.30. The molecule has 1 amide bonds. The van der Waals surface area contributed by atoms with Crippen LogP contribution >= 0.6 is 0 Å². The lowest BCUT2D eigenvalue weighted by Crippen LogP contribution is -2.15. The monoisotopic (exact) mass is 269 g/mol. The van der Waals surface area contributed by atoms with Gasteiger partial charge in [-0.3, -0.25) is 9.78 Å². The van der Waals surface area contributed by atoms with Crippen LogP contribution in [0.4, 0.5) is 11.4 Å². The largest absolute Gasteiger partial charge is 0.387 e. The van der Waals surface area contributed by atoms with Crippen molar-refractivity contribution < 1.29 is 4.79 Å². The molecule has 20 heavy (non-hydrogen) atoms. The molecule has 0 bridgehead atoms. The fourth-order valence-electron chi connectivity index (χ4n) is 2.07. The topological polar surface area (TPSA) is 54.0 Å². The Morgan fingerprint density at radius 2 is 1.80 bits per heavy atom. The third-order valence-corrected chi connectivity index (χ3v) is 3.16. The van der Waals surface area contributed by atoms with E-state index in [-0.39, 0.29) is 5.91 Å². The molecular formula is C16H19N3O. The van der Waals surface area contributed by atoms with Crippen LogP contribution in [0.2, 0.25) is 0 Å². The molecule has 0 aliphatic carbocycles. The Kier molecular flexibility index (Phi) is 4.03. The first kappa shape index (κ1) is 14.1. The van der Waals surface area contributed by atoms with Gasteiger partial charge in [0.25, 0.3) is 5.91 Å². The summed E-state index contributed by atoms with van der Waals surface area (Å²) in [5.74, 6) is -0.136. The summed E-state index contributed by atoms with van der Waals surface area (Å²) in [5, 5.41) is 5.96. The van der Waals surface area contributed by atoms with Gasteiger partial charge in [-0.25, -0.2) is 0 Å². The molecule has 0 fully saturated rings. The summed E-state index contributed by atoms with van der Waals surface area (Å²) < 4.78 is 0. The number of nitrogens with zero attached hydrogens (tertiary/aromatic N) is 1. The number of aromatic nitrogens is 1. The second-order valence-corrected chi connectivity index (χ2v) is 4.84. The maximum Gasteiger partial charge on any atom is 0.257 e. The van der Waals surface area contributed by atoms with E-state index >= 15 is 0 Å². The average Bonchev–Trinajstić information content (AvgIpc) is 2.41. The van der Waals surface area contributed by atoms with Crippen LogP contribution in [-0.4, -0.2) is 17.9 Å². The summed E-state index contributed by atoms with van der Waals surface area (Å²) in [6, 6.07) is 9.47. The van der Waals surface area contributed by atoms with E-state index in [1.165, 1.54) is 0 Å². The molecule has 0 atom stereocenters. The molecule has 104 valence electrons. The zero-order chi connectivity index (χ0) is 14.7. The second-order valence-electron chi connectivity index (χ2n) is 4.84. The third-order valence-electron chi connectivity index (χ3n) is 3.16. The van der Waals surface area contributed by atoms with Gasteiger partial charge >= 0.3 is 0 Å². The number of benzene rings is 1. The maximum absolute atomic E-state index is 12.4. The van der Waals surface area contributed by atoms with Crippen molar-refractivity contribution >= 4 is 17.3 Å². The van der Waals surface area contributed by atoms with Crippen molar-refractivity contribution in [3.63, 3.8) is 0 Å². The van der Waals surface area contributed by atoms with Gasteiger partial charge in [-0.15, -0.1) is 0 Å². The van der Waals surface area contributed by atoms with Gasteiger partial charge < -0.3 is 10.6 Å². The molecule has 2 N–H and O–H groups in total. The normalized spacial score (nSPS) is 10.2. The van der Waals surface area contributed by atoms with Gasteiger partial charge in [0.05, 0.1) is 16.9 Å². The lowest BCUT2D eigenvalue weighted by molar-refractivity contribution is 0.102. The fourth-order valence-corrected chi connectivity index (χ4v) is 2.07. The number of amides is 1. The predicted molar refractivity (Wildman–Crippen MR) is 82.4 cm³/mol. The van der Waals surface area contributed by atoms with Gasteiger partial charge in [0.15, 0.2) is 0 Å². The first-order chi connectivity index (χ1) is 9.51. The van der Waals surface area contributed by atoms with Crippen molar-refractivity contribution in [2.45, 2.75) is 20.8 Å². The lowest BCUT2D eigenvalue weighted by atomic mass is 10.1. The Balaban J connectivity index is 2.28. The number of rotatable bonds is 3. The van der Waals surface area contributed by atoms with E-state index in [0.29, 0.717) is 5.56 Å². The number of aryl methyl sites for hydroxylation is 3. The molecule has 0 aliphatic heterocycles. The van der Waals surface area contributed by atoms with Crippen molar-refractivity contribution in [1.82, 2.24) is 4.98 Å². The Morgan fingerprint density at radius 1 is 1.05 bits per heavy atom. The zero-order valence-electron chi connectivity index (χ0n) is 12.2. The molecule has 1 aromatic heterocycles. The zero-order valence-corrected chi connectivity index (χ0v) is 12.2. The molecule has 1 aromatic carbocycles. The SMILES string of the molecule is CNc1cc(C)ccc1C(=O)Nc1ccc(C)nc1C. The molecule has 0 saturated heterocycles. The van der Waals surface area contributed by atoms with Crippen molar-refractivity contribution in [2.75, 3.05) is 17.7 Å². The second kappa shape index (κ2) is 5.74. The smallest absolute Gasteiger partial charge is 0.257 e. The standard InChI is InChI=1S/C16H19N3O/c1-10-5-7-13(15(9-10)17-4)16(20)19-14-8-6-11(2)18-12(14)3/h5-9,17H,1-4H3,(H,19,20). The molecular weight excluding hydrogens is 250 g/mol. The van der Waals surface area contributed by atoms with E-state index in [2.05, 4.69) is 15.6 Å². The minimum atomic E-state index is -0.136. The fraction of sp³-hybridized carbons (Fsp3) is 0.250. The van der Waals surface area contributed by atoms with Crippen LogP contribution in [0, 0.1) is 20.8 Å². The number of hydrogen-bond acceptors (Lipinski definition) is 3. The van der Waals surface area contributed by atoms with Gasteiger partial charge in [-0.05, 0) is 50.6 Å². The highest BCUT2D eigenvalue weighted by Gasteiger charge is 2.12. The minimum Gasteiger partial charge on any atom is -0.387 e. The van der Waals surface area contributed by atoms with E-state index in [1.54, 1.807) is 0 Å². The Morgan fingerprint density at radius 3 is 2.45 bits per heavy atom. The van der Waals surface area contributed by atoms with Crippen LogP contribution in [0.25, 0.3) is 0 Å². The van der Waals surface area contributed by atoms with Crippen LogP contribution in [0.3, 0.4) is 0 Å². The van der Waals surface area contributed by atoms with E-state index in [1.807, 2.05) is 58.2 Å². The molecule has 4 heteroatoms. The molecule has 1 heterocycles. The van der Waals surface area contributed by atoms with Crippen LogP contribution in [-0.2, 0) is 0 Å². The number of carbonyl (C=O) groups is 1. The lowest BCUT2D eigenvalue weighted by Gasteiger charge is -2.12.